The molecule has 6 rings (SSSR count). The minimum Gasteiger partial charge on any atom is -0.497 e. The highest BCUT2D eigenvalue weighted by Crippen LogP contribution is 2.62. The van der Waals surface area contributed by atoms with Crippen LogP contribution >= 0.6 is 0 Å². The molecule has 4 aliphatic rings. The van der Waals surface area contributed by atoms with Crippen molar-refractivity contribution in [2.75, 3.05) is 7.11 Å². The topological polar surface area (TPSA) is 86.0 Å². The molecule has 2 aromatic rings. The van der Waals surface area contributed by atoms with Gasteiger partial charge in [-0.25, -0.2) is 4.79 Å². The summed E-state index contributed by atoms with van der Waals surface area (Å²) in [6.07, 6.45) is 6.03. The van der Waals surface area contributed by atoms with Crippen molar-refractivity contribution in [2.24, 2.45) is 17.3 Å². The average molecular weight is 398 g/mol. The highest BCUT2D eigenvalue weighted by molar-refractivity contribution is 5.81. The van der Waals surface area contributed by atoms with Crippen LogP contribution in [0, 0.1) is 17.3 Å². The number of hydrogen-bond donors (Lipinski definition) is 1. The third kappa shape index (κ3) is 3.44. The minimum absolute atomic E-state index is 0.0282. The lowest BCUT2D eigenvalue weighted by Gasteiger charge is -2.60. The van der Waals surface area contributed by atoms with Gasteiger partial charge in [-0.05, 0) is 67.9 Å². The van der Waals surface area contributed by atoms with Gasteiger partial charge in [0.15, 0.2) is 0 Å². The summed E-state index contributed by atoms with van der Waals surface area (Å²) in [5.74, 6) is 1.40. The molecule has 4 atom stereocenters. The molecule has 4 fully saturated rings. The van der Waals surface area contributed by atoms with Crippen LogP contribution in [0.2, 0.25) is 0 Å². The van der Waals surface area contributed by atoms with Crippen molar-refractivity contribution in [1.29, 1.82) is 0 Å². The van der Waals surface area contributed by atoms with Crippen molar-refractivity contribution in [1.82, 2.24) is 0 Å². The normalized spacial score (nSPS) is 32.5. The van der Waals surface area contributed by atoms with Crippen molar-refractivity contribution in [3.63, 3.8) is 0 Å². The first-order chi connectivity index (χ1) is 13.9. The van der Waals surface area contributed by atoms with E-state index in [2.05, 4.69) is 0 Å². The van der Waals surface area contributed by atoms with Crippen molar-refractivity contribution >= 4 is 16.9 Å². The van der Waals surface area contributed by atoms with E-state index in [-0.39, 0.29) is 18.0 Å². The van der Waals surface area contributed by atoms with Crippen molar-refractivity contribution in [3.05, 3.63) is 40.2 Å². The molecule has 0 amide bonds. The second-order valence-corrected chi connectivity index (χ2v) is 9.48. The Kier molecular flexibility index (Phi) is 4.24. The number of esters is 1. The second-order valence-electron chi connectivity index (χ2n) is 9.48. The van der Waals surface area contributed by atoms with E-state index in [4.69, 9.17) is 13.9 Å². The van der Waals surface area contributed by atoms with Gasteiger partial charge in [-0.2, -0.15) is 0 Å². The fourth-order valence-electron chi connectivity index (χ4n) is 6.58. The van der Waals surface area contributed by atoms with E-state index in [0.717, 1.165) is 31.1 Å². The quantitative estimate of drug-likeness (QED) is 0.612. The van der Waals surface area contributed by atoms with Gasteiger partial charge >= 0.3 is 11.6 Å². The Labute approximate surface area is 168 Å². The smallest absolute Gasteiger partial charge is 0.336 e. The first kappa shape index (κ1) is 18.7. The third-order valence-electron chi connectivity index (χ3n) is 7.10. The summed E-state index contributed by atoms with van der Waals surface area (Å²) in [5.41, 5.74) is -0.165. The molecule has 1 heterocycles. The molecule has 0 spiro atoms. The summed E-state index contributed by atoms with van der Waals surface area (Å²) in [6.45, 7) is 0.0282. The van der Waals surface area contributed by atoms with Gasteiger partial charge in [0.1, 0.15) is 17.9 Å². The number of aliphatic hydroxyl groups is 1. The summed E-state index contributed by atoms with van der Waals surface area (Å²) in [6, 6.07) is 6.60. The SMILES string of the molecule is COc1ccc2c(COC(=O)CC34C[C@@H]5C[C@@H](CC(O)(C5)C3)C4)cc(=O)oc2c1. The zero-order valence-electron chi connectivity index (χ0n) is 16.6. The van der Waals surface area contributed by atoms with E-state index in [0.29, 0.717) is 41.6 Å². The molecule has 4 aliphatic carbocycles. The van der Waals surface area contributed by atoms with Crippen LogP contribution in [0.25, 0.3) is 11.0 Å². The Morgan fingerprint density at radius 2 is 1.97 bits per heavy atom. The van der Waals surface area contributed by atoms with E-state index < -0.39 is 11.2 Å². The summed E-state index contributed by atoms with van der Waals surface area (Å²) in [5, 5.41) is 11.6. The molecular formula is C23H26O6. The Hall–Kier alpha value is -2.34. The Bertz CT molecular complexity index is 1010. The van der Waals surface area contributed by atoms with E-state index in [1.807, 2.05) is 0 Å². The molecule has 2 unspecified atom stereocenters. The van der Waals surface area contributed by atoms with E-state index >= 15 is 0 Å². The number of hydrogen-bond acceptors (Lipinski definition) is 6. The van der Waals surface area contributed by atoms with Gasteiger partial charge in [-0.3, -0.25) is 4.79 Å². The predicted octanol–water partition coefficient (Wildman–Crippen LogP) is 3.57. The average Bonchev–Trinajstić information content (AvgIpc) is 2.63. The maximum absolute atomic E-state index is 12.7. The van der Waals surface area contributed by atoms with Gasteiger partial charge in [0.25, 0.3) is 0 Å². The Balaban J connectivity index is 1.31. The van der Waals surface area contributed by atoms with Gasteiger partial charge < -0.3 is 19.0 Å². The molecule has 1 N–H and O–H groups in total. The lowest BCUT2D eigenvalue weighted by atomic mass is 9.47. The lowest BCUT2D eigenvalue weighted by Crippen LogP contribution is -2.56. The number of methoxy groups -OCH3 is 1. The molecule has 4 bridgehead atoms. The molecule has 154 valence electrons. The van der Waals surface area contributed by atoms with E-state index in [1.54, 1.807) is 25.3 Å². The third-order valence-corrected chi connectivity index (χ3v) is 7.10. The first-order valence-corrected chi connectivity index (χ1v) is 10.3. The second kappa shape index (κ2) is 6.59. The Morgan fingerprint density at radius 3 is 2.66 bits per heavy atom. The largest absolute Gasteiger partial charge is 0.497 e. The summed E-state index contributed by atoms with van der Waals surface area (Å²) in [4.78, 5) is 24.6. The number of carbonyl (C=O) groups is 1. The lowest BCUT2D eigenvalue weighted by molar-refractivity contribution is -0.177. The summed E-state index contributed by atoms with van der Waals surface area (Å²) in [7, 11) is 1.55. The first-order valence-electron chi connectivity index (χ1n) is 10.3. The summed E-state index contributed by atoms with van der Waals surface area (Å²) >= 11 is 0. The van der Waals surface area contributed by atoms with Crippen LogP contribution in [0.15, 0.2) is 33.5 Å². The number of rotatable bonds is 5. The maximum atomic E-state index is 12.7. The molecule has 0 aliphatic heterocycles. The maximum Gasteiger partial charge on any atom is 0.336 e. The van der Waals surface area contributed by atoms with Crippen molar-refractivity contribution in [2.45, 2.75) is 57.2 Å². The zero-order chi connectivity index (χ0) is 20.2. The number of ether oxygens (including phenoxy) is 2. The van der Waals surface area contributed by atoms with Crippen LogP contribution in [0.3, 0.4) is 0 Å². The van der Waals surface area contributed by atoms with Gasteiger partial charge in [0.2, 0.25) is 0 Å². The van der Waals surface area contributed by atoms with Crippen LogP contribution in [-0.4, -0.2) is 23.8 Å². The van der Waals surface area contributed by atoms with Crippen LogP contribution in [-0.2, 0) is 16.1 Å². The standard InChI is InChI=1S/C23H26O6/c1-27-17-2-3-18-16(5-20(24)29-19(18)6-17)12-28-21(25)11-22-7-14-4-15(8-22)10-23(26,9-14)13-22/h2-3,5-6,14-15,26H,4,7-13H2,1H3/t14-,15+,22?,23?. The number of carbonyl (C=O) groups excluding carboxylic acids is 1. The monoisotopic (exact) mass is 398 g/mol. The predicted molar refractivity (Wildman–Crippen MR) is 106 cm³/mol. The molecule has 0 radical (unpaired) electrons. The van der Waals surface area contributed by atoms with E-state index in [9.17, 15) is 14.7 Å². The van der Waals surface area contributed by atoms with Gasteiger partial charge in [-0.15, -0.1) is 0 Å². The number of benzene rings is 1. The molecule has 1 aromatic heterocycles. The van der Waals surface area contributed by atoms with Crippen LogP contribution in [0.4, 0.5) is 0 Å². The molecule has 0 saturated heterocycles. The zero-order valence-corrected chi connectivity index (χ0v) is 16.6. The van der Waals surface area contributed by atoms with Crippen LogP contribution < -0.4 is 10.4 Å². The molecule has 6 nitrogen and oxygen atoms in total. The van der Waals surface area contributed by atoms with Gasteiger partial charge in [-0.1, -0.05) is 0 Å². The van der Waals surface area contributed by atoms with E-state index in [1.165, 1.54) is 12.5 Å². The summed E-state index contributed by atoms with van der Waals surface area (Å²) < 4.78 is 16.0. The van der Waals surface area contributed by atoms with Gasteiger partial charge in [0.05, 0.1) is 19.1 Å². The highest BCUT2D eigenvalue weighted by atomic mass is 16.5. The highest BCUT2D eigenvalue weighted by Gasteiger charge is 2.57. The van der Waals surface area contributed by atoms with Crippen molar-refractivity contribution in [3.8, 4) is 5.75 Å². The minimum atomic E-state index is -0.585. The molecule has 1 aromatic carbocycles. The molecule has 29 heavy (non-hydrogen) atoms. The Morgan fingerprint density at radius 1 is 1.21 bits per heavy atom. The molecule has 6 heteroatoms. The molecular weight excluding hydrogens is 372 g/mol. The van der Waals surface area contributed by atoms with Crippen LogP contribution in [0.5, 0.6) is 5.75 Å². The fraction of sp³-hybridized carbons (Fsp3) is 0.565. The van der Waals surface area contributed by atoms with Gasteiger partial charge in [0, 0.05) is 23.1 Å². The molecule has 4 saturated carbocycles. The fourth-order valence-corrected chi connectivity index (χ4v) is 6.58. The number of fused-ring (bicyclic) bond motifs is 1. The van der Waals surface area contributed by atoms with Crippen molar-refractivity contribution < 1.29 is 23.8 Å². The van der Waals surface area contributed by atoms with Crippen LogP contribution in [0.1, 0.15) is 50.5 Å².